The van der Waals surface area contributed by atoms with E-state index in [1.54, 1.807) is 0 Å². The van der Waals surface area contributed by atoms with Crippen molar-refractivity contribution >= 4 is 42.1 Å². The van der Waals surface area contributed by atoms with E-state index in [0.29, 0.717) is 6.04 Å². The summed E-state index contributed by atoms with van der Waals surface area (Å²) < 4.78 is 0. The molecule has 2 atom stereocenters. The maximum atomic E-state index is 12.5. The van der Waals surface area contributed by atoms with Crippen LogP contribution in [0.15, 0.2) is 0 Å². The van der Waals surface area contributed by atoms with Gasteiger partial charge in [-0.25, -0.2) is 4.98 Å². The molecule has 0 radical (unpaired) electrons. The monoisotopic (exact) mass is 325 g/mol. The molecular weight excluding hydrogens is 305 g/mol. The van der Waals surface area contributed by atoms with E-state index in [4.69, 9.17) is 0 Å². The van der Waals surface area contributed by atoms with Crippen molar-refractivity contribution < 1.29 is 4.79 Å². The molecular formula is C12H21Cl2N3OS. The van der Waals surface area contributed by atoms with Gasteiger partial charge >= 0.3 is 0 Å². The second-order valence-corrected chi connectivity index (χ2v) is 5.83. The highest BCUT2D eigenvalue weighted by Crippen LogP contribution is 2.21. The fourth-order valence-electron chi connectivity index (χ4n) is 2.20. The summed E-state index contributed by atoms with van der Waals surface area (Å²) in [5.41, 5.74) is 0.857. The van der Waals surface area contributed by atoms with Gasteiger partial charge in [-0.2, -0.15) is 0 Å². The lowest BCUT2D eigenvalue weighted by Gasteiger charge is -2.38. The van der Waals surface area contributed by atoms with Crippen LogP contribution in [0.1, 0.15) is 34.2 Å². The molecule has 2 heterocycles. The van der Waals surface area contributed by atoms with Gasteiger partial charge in [-0.1, -0.05) is 0 Å². The third kappa shape index (κ3) is 3.81. The van der Waals surface area contributed by atoms with Crippen molar-refractivity contribution in [1.82, 2.24) is 15.2 Å². The van der Waals surface area contributed by atoms with Crippen molar-refractivity contribution in [2.45, 2.75) is 39.8 Å². The summed E-state index contributed by atoms with van der Waals surface area (Å²) in [5.74, 6) is 0.133. The fourth-order valence-corrected chi connectivity index (χ4v) is 3.08. The number of rotatable bonds is 1. The number of aromatic nitrogens is 1. The lowest BCUT2D eigenvalue weighted by atomic mass is 10.1. The molecule has 19 heavy (non-hydrogen) atoms. The molecule has 0 aromatic carbocycles. The van der Waals surface area contributed by atoms with Gasteiger partial charge in [0.05, 0.1) is 10.7 Å². The van der Waals surface area contributed by atoms with Crippen LogP contribution < -0.4 is 5.32 Å². The Morgan fingerprint density at radius 3 is 2.53 bits per heavy atom. The minimum absolute atomic E-state index is 0. The Labute approximate surface area is 130 Å². The van der Waals surface area contributed by atoms with Crippen LogP contribution in [0.4, 0.5) is 0 Å². The predicted molar refractivity (Wildman–Crippen MR) is 84.0 cm³/mol. The average molecular weight is 326 g/mol. The zero-order chi connectivity index (χ0) is 12.6. The topological polar surface area (TPSA) is 45.2 Å². The van der Waals surface area contributed by atoms with Crippen LogP contribution in [0, 0.1) is 13.8 Å². The highest BCUT2D eigenvalue weighted by molar-refractivity contribution is 7.13. The van der Waals surface area contributed by atoms with E-state index >= 15 is 0 Å². The lowest BCUT2D eigenvalue weighted by molar-refractivity contribution is 0.0607. The molecule has 1 aromatic heterocycles. The van der Waals surface area contributed by atoms with E-state index in [-0.39, 0.29) is 36.8 Å². The number of hydrogen-bond donors (Lipinski definition) is 1. The van der Waals surface area contributed by atoms with Gasteiger partial charge in [0.2, 0.25) is 0 Å². The highest BCUT2D eigenvalue weighted by atomic mass is 35.5. The first-order chi connectivity index (χ1) is 8.00. The van der Waals surface area contributed by atoms with Gasteiger partial charge < -0.3 is 10.2 Å². The molecule has 0 aliphatic carbocycles. The summed E-state index contributed by atoms with van der Waals surface area (Å²) in [6, 6.07) is 0.583. The van der Waals surface area contributed by atoms with Crippen molar-refractivity contribution in [3.8, 4) is 0 Å². The Hall–Kier alpha value is -0.360. The molecule has 1 amide bonds. The number of piperazine rings is 1. The highest BCUT2D eigenvalue weighted by Gasteiger charge is 2.30. The van der Waals surface area contributed by atoms with Crippen LogP contribution in [0.25, 0.3) is 0 Å². The van der Waals surface area contributed by atoms with Crippen LogP contribution >= 0.6 is 36.2 Å². The number of nitrogens with zero attached hydrogens (tertiary/aromatic N) is 2. The molecule has 0 bridgehead atoms. The Kier molecular flexibility index (Phi) is 7.29. The van der Waals surface area contributed by atoms with Gasteiger partial charge in [-0.05, 0) is 27.7 Å². The number of nitrogens with one attached hydrogen (secondary N) is 1. The Morgan fingerprint density at radius 1 is 1.37 bits per heavy atom. The predicted octanol–water partition coefficient (Wildman–Crippen LogP) is 2.43. The molecule has 2 unspecified atom stereocenters. The van der Waals surface area contributed by atoms with Gasteiger partial charge in [0.15, 0.2) is 0 Å². The third-order valence-electron chi connectivity index (χ3n) is 3.39. The van der Waals surface area contributed by atoms with Crippen molar-refractivity contribution in [1.29, 1.82) is 0 Å². The summed E-state index contributed by atoms with van der Waals surface area (Å²) in [6.07, 6.45) is 0. The van der Waals surface area contributed by atoms with Crippen LogP contribution in [-0.4, -0.2) is 41.0 Å². The molecule has 1 fully saturated rings. The van der Waals surface area contributed by atoms with E-state index in [1.807, 2.05) is 18.7 Å². The minimum atomic E-state index is 0. The summed E-state index contributed by atoms with van der Waals surface area (Å²) >= 11 is 1.50. The fraction of sp³-hybridized carbons (Fsp3) is 0.667. The van der Waals surface area contributed by atoms with E-state index < -0.39 is 0 Å². The van der Waals surface area contributed by atoms with E-state index in [0.717, 1.165) is 28.7 Å². The van der Waals surface area contributed by atoms with Crippen molar-refractivity contribution in [2.75, 3.05) is 13.1 Å². The molecule has 7 heteroatoms. The molecule has 1 aliphatic heterocycles. The Bertz CT molecular complexity index is 439. The van der Waals surface area contributed by atoms with Crippen molar-refractivity contribution in [3.63, 3.8) is 0 Å². The number of halogens is 2. The molecule has 0 spiro atoms. The first-order valence-corrected chi connectivity index (χ1v) is 6.80. The maximum absolute atomic E-state index is 12.5. The number of thiazole rings is 1. The maximum Gasteiger partial charge on any atom is 0.266 e. The largest absolute Gasteiger partial charge is 0.332 e. The van der Waals surface area contributed by atoms with Crippen LogP contribution in [0.2, 0.25) is 0 Å². The molecule has 110 valence electrons. The normalized spacial score (nSPS) is 22.4. The van der Waals surface area contributed by atoms with Gasteiger partial charge in [-0.3, -0.25) is 4.79 Å². The van der Waals surface area contributed by atoms with Crippen molar-refractivity contribution in [3.05, 3.63) is 15.6 Å². The van der Waals surface area contributed by atoms with E-state index in [1.165, 1.54) is 11.3 Å². The van der Waals surface area contributed by atoms with E-state index in [2.05, 4.69) is 24.1 Å². The SMILES string of the molecule is Cc1nc(C)c(C(=O)N2CCNC(C)C2C)s1.Cl.Cl. The number of hydrogen-bond acceptors (Lipinski definition) is 4. The zero-order valence-corrected chi connectivity index (χ0v) is 14.0. The Morgan fingerprint density at radius 2 is 2.00 bits per heavy atom. The van der Waals surface area contributed by atoms with Crippen LogP contribution in [0.5, 0.6) is 0 Å². The molecule has 1 aliphatic rings. The Balaban J connectivity index is 0.00000162. The van der Waals surface area contributed by atoms with Gasteiger partial charge in [-0.15, -0.1) is 36.2 Å². The lowest BCUT2D eigenvalue weighted by Crippen LogP contribution is -2.57. The summed E-state index contributed by atoms with van der Waals surface area (Å²) in [5, 5.41) is 4.34. The van der Waals surface area contributed by atoms with Gasteiger partial charge in [0.1, 0.15) is 4.88 Å². The number of aryl methyl sites for hydroxylation is 2. The van der Waals surface area contributed by atoms with Gasteiger partial charge in [0.25, 0.3) is 5.91 Å². The molecule has 4 nitrogen and oxygen atoms in total. The summed E-state index contributed by atoms with van der Waals surface area (Å²) in [6.45, 7) is 9.72. The zero-order valence-electron chi connectivity index (χ0n) is 11.6. The number of carbonyl (C=O) groups is 1. The second-order valence-electron chi connectivity index (χ2n) is 4.63. The minimum Gasteiger partial charge on any atom is -0.332 e. The molecule has 2 rings (SSSR count). The number of carbonyl (C=O) groups excluding carboxylic acids is 1. The third-order valence-corrected chi connectivity index (χ3v) is 4.45. The molecule has 1 aromatic rings. The number of amides is 1. The first-order valence-electron chi connectivity index (χ1n) is 5.99. The standard InChI is InChI=1S/C12H19N3OS.2ClH/c1-7-9(3)15(6-5-13-7)12(16)11-8(2)14-10(4)17-11;;/h7,9,13H,5-6H2,1-4H3;2*1H. The van der Waals surface area contributed by atoms with Crippen LogP contribution in [-0.2, 0) is 0 Å². The average Bonchev–Trinajstić information content (AvgIpc) is 2.61. The smallest absolute Gasteiger partial charge is 0.266 e. The molecule has 1 saturated heterocycles. The summed E-state index contributed by atoms with van der Waals surface area (Å²) in [4.78, 5) is 19.5. The molecule has 0 saturated carbocycles. The summed E-state index contributed by atoms with van der Waals surface area (Å²) in [7, 11) is 0. The quantitative estimate of drug-likeness (QED) is 0.862. The second kappa shape index (κ2) is 7.43. The van der Waals surface area contributed by atoms with Gasteiger partial charge in [0, 0.05) is 25.2 Å². The van der Waals surface area contributed by atoms with Crippen molar-refractivity contribution in [2.24, 2.45) is 0 Å². The first kappa shape index (κ1) is 18.6. The van der Waals surface area contributed by atoms with E-state index in [9.17, 15) is 4.79 Å². The molecule has 1 N–H and O–H groups in total. The van der Waals surface area contributed by atoms with Crippen LogP contribution in [0.3, 0.4) is 0 Å².